The molecule has 0 aromatic heterocycles. The molecule has 2 aliphatic heterocycles. The van der Waals surface area contributed by atoms with Crippen LogP contribution in [0.15, 0.2) is 0 Å². The summed E-state index contributed by atoms with van der Waals surface area (Å²) in [6, 6.07) is 3.34. The van der Waals surface area contributed by atoms with E-state index in [1.165, 1.54) is 25.7 Å². The van der Waals surface area contributed by atoms with E-state index in [0.717, 1.165) is 38.5 Å². The number of rotatable bonds is 3. The summed E-state index contributed by atoms with van der Waals surface area (Å²) in [4.78, 5) is 16.2. The van der Waals surface area contributed by atoms with Gasteiger partial charge in [0.25, 0.3) is 0 Å². The minimum Gasteiger partial charge on any atom is -0.336 e. The molecule has 0 radical (unpaired) electrons. The topological polar surface area (TPSA) is 59.4 Å². The van der Waals surface area contributed by atoms with E-state index in [1.54, 1.807) is 0 Å². The van der Waals surface area contributed by atoms with Crippen LogP contribution in [0.5, 0.6) is 0 Å². The number of carbonyl (C=O) groups excluding carboxylic acids is 1. The third kappa shape index (κ3) is 2.87. The number of urea groups is 1. The minimum atomic E-state index is 0.0870. The maximum atomic E-state index is 11.7. The van der Waals surface area contributed by atoms with Crippen LogP contribution in [0.1, 0.15) is 39.0 Å². The molecule has 3 rings (SSSR count). The molecule has 5 nitrogen and oxygen atoms in total. The summed E-state index contributed by atoms with van der Waals surface area (Å²) >= 11 is 0. The highest BCUT2D eigenvalue weighted by Crippen LogP contribution is 2.35. The molecule has 4 unspecified atom stereocenters. The van der Waals surface area contributed by atoms with Crippen LogP contribution >= 0.6 is 0 Å². The van der Waals surface area contributed by atoms with Gasteiger partial charge in [-0.25, -0.2) is 4.79 Å². The molecule has 116 valence electrons. The van der Waals surface area contributed by atoms with Gasteiger partial charge in [0.1, 0.15) is 0 Å². The number of fused-ring (bicyclic) bond motifs is 1. The molecule has 21 heavy (non-hydrogen) atoms. The Balaban J connectivity index is 1.66. The van der Waals surface area contributed by atoms with E-state index >= 15 is 0 Å². The average molecular weight is 290 g/mol. The number of amides is 2. The van der Waals surface area contributed by atoms with Gasteiger partial charge in [-0.05, 0) is 25.2 Å². The maximum Gasteiger partial charge on any atom is 0.317 e. The minimum absolute atomic E-state index is 0.0870. The van der Waals surface area contributed by atoms with E-state index in [2.05, 4.69) is 23.2 Å². The predicted molar refractivity (Wildman–Crippen MR) is 80.6 cm³/mol. The van der Waals surface area contributed by atoms with Crippen molar-refractivity contribution in [3.05, 3.63) is 0 Å². The van der Waals surface area contributed by atoms with Crippen molar-refractivity contribution in [2.45, 2.75) is 51.1 Å². The van der Waals surface area contributed by atoms with E-state index in [0.29, 0.717) is 12.1 Å². The van der Waals surface area contributed by atoms with Gasteiger partial charge in [0.05, 0.1) is 18.0 Å². The number of nitrogens with one attached hydrogen (secondary N) is 1. The Morgan fingerprint density at radius 3 is 3.00 bits per heavy atom. The normalized spacial score (nSPS) is 37.0. The molecule has 0 bridgehead atoms. The van der Waals surface area contributed by atoms with Crippen LogP contribution in [0, 0.1) is 23.2 Å². The van der Waals surface area contributed by atoms with Crippen LogP contribution < -0.4 is 5.32 Å². The van der Waals surface area contributed by atoms with Crippen molar-refractivity contribution in [1.29, 1.82) is 5.26 Å². The smallest absolute Gasteiger partial charge is 0.317 e. The summed E-state index contributed by atoms with van der Waals surface area (Å²) in [6.45, 7) is 5.67. The summed E-state index contributed by atoms with van der Waals surface area (Å²) in [5.74, 6) is 0.959. The number of hydrogen-bond acceptors (Lipinski definition) is 3. The molecular weight excluding hydrogens is 264 g/mol. The summed E-state index contributed by atoms with van der Waals surface area (Å²) < 4.78 is 0. The Morgan fingerprint density at radius 1 is 1.38 bits per heavy atom. The summed E-state index contributed by atoms with van der Waals surface area (Å²) in [7, 11) is 0. The van der Waals surface area contributed by atoms with Gasteiger partial charge in [0, 0.05) is 32.2 Å². The number of piperazine rings is 1. The highest BCUT2D eigenvalue weighted by Gasteiger charge is 2.41. The monoisotopic (exact) mass is 290 g/mol. The van der Waals surface area contributed by atoms with Gasteiger partial charge in [0.15, 0.2) is 0 Å². The largest absolute Gasteiger partial charge is 0.336 e. The molecule has 4 atom stereocenters. The van der Waals surface area contributed by atoms with Crippen molar-refractivity contribution >= 4 is 6.03 Å². The van der Waals surface area contributed by atoms with Crippen molar-refractivity contribution < 1.29 is 4.79 Å². The Labute approximate surface area is 127 Å². The van der Waals surface area contributed by atoms with Crippen LogP contribution in [0.4, 0.5) is 4.79 Å². The molecule has 0 spiro atoms. The van der Waals surface area contributed by atoms with E-state index in [9.17, 15) is 10.1 Å². The second-order valence-electron chi connectivity index (χ2n) is 6.80. The predicted octanol–water partition coefficient (Wildman–Crippen LogP) is 1.80. The first-order valence-corrected chi connectivity index (χ1v) is 8.41. The SMILES string of the molecule is CCCC1CCC(C#N)C(N2CCN3C(=O)NCC3C2)C1. The zero-order chi connectivity index (χ0) is 14.8. The zero-order valence-corrected chi connectivity index (χ0v) is 12.9. The van der Waals surface area contributed by atoms with Crippen molar-refractivity contribution in [2.24, 2.45) is 11.8 Å². The van der Waals surface area contributed by atoms with Gasteiger partial charge in [-0.2, -0.15) is 5.26 Å². The fraction of sp³-hybridized carbons (Fsp3) is 0.875. The average Bonchev–Trinajstić information content (AvgIpc) is 2.88. The lowest BCUT2D eigenvalue weighted by molar-refractivity contribution is 0.0428. The molecule has 1 aliphatic carbocycles. The van der Waals surface area contributed by atoms with Crippen molar-refractivity contribution in [3.63, 3.8) is 0 Å². The quantitative estimate of drug-likeness (QED) is 0.862. The third-order valence-corrected chi connectivity index (χ3v) is 5.52. The summed E-state index contributed by atoms with van der Waals surface area (Å²) in [5.41, 5.74) is 0. The highest BCUT2D eigenvalue weighted by atomic mass is 16.2. The van der Waals surface area contributed by atoms with Crippen molar-refractivity contribution in [1.82, 2.24) is 15.1 Å². The number of nitrogens with zero attached hydrogens (tertiary/aromatic N) is 3. The van der Waals surface area contributed by atoms with Crippen molar-refractivity contribution in [3.8, 4) is 6.07 Å². The van der Waals surface area contributed by atoms with Crippen molar-refractivity contribution in [2.75, 3.05) is 26.2 Å². The van der Waals surface area contributed by atoms with Gasteiger partial charge in [-0.1, -0.05) is 19.8 Å². The molecule has 3 fully saturated rings. The van der Waals surface area contributed by atoms with Gasteiger partial charge in [-0.15, -0.1) is 0 Å². The van der Waals surface area contributed by atoms with E-state index in [4.69, 9.17) is 0 Å². The lowest BCUT2D eigenvalue weighted by Gasteiger charge is -2.45. The Bertz CT molecular complexity index is 432. The van der Waals surface area contributed by atoms with E-state index in [1.807, 2.05) is 4.90 Å². The Kier molecular flexibility index (Phi) is 4.34. The van der Waals surface area contributed by atoms with Gasteiger partial charge >= 0.3 is 6.03 Å². The van der Waals surface area contributed by atoms with Crippen LogP contribution in [0.25, 0.3) is 0 Å². The first-order valence-electron chi connectivity index (χ1n) is 8.41. The lowest BCUT2D eigenvalue weighted by Crippen LogP contribution is -2.57. The van der Waals surface area contributed by atoms with Gasteiger partial charge < -0.3 is 10.2 Å². The molecule has 1 saturated carbocycles. The van der Waals surface area contributed by atoms with E-state index in [-0.39, 0.29) is 11.9 Å². The molecule has 5 heteroatoms. The Morgan fingerprint density at radius 2 is 2.24 bits per heavy atom. The molecule has 1 N–H and O–H groups in total. The molecular formula is C16H26N4O. The first-order chi connectivity index (χ1) is 10.2. The number of hydrogen-bond donors (Lipinski definition) is 1. The molecule has 2 saturated heterocycles. The molecule has 0 aromatic rings. The van der Waals surface area contributed by atoms with Gasteiger partial charge in [-0.3, -0.25) is 4.90 Å². The molecule has 3 aliphatic rings. The second-order valence-corrected chi connectivity index (χ2v) is 6.80. The number of carbonyl (C=O) groups is 1. The standard InChI is InChI=1S/C16H26N4O/c1-2-3-12-4-5-13(9-17)15(8-12)19-6-7-20-14(11-19)10-18-16(20)21/h12-15H,2-8,10-11H2,1H3,(H,18,21). The fourth-order valence-electron chi connectivity index (χ4n) is 4.39. The summed E-state index contributed by atoms with van der Waals surface area (Å²) in [6.07, 6.45) is 5.96. The fourth-order valence-corrected chi connectivity index (χ4v) is 4.39. The lowest BCUT2D eigenvalue weighted by atomic mass is 9.76. The number of nitriles is 1. The maximum absolute atomic E-state index is 11.7. The van der Waals surface area contributed by atoms with Crippen LogP contribution in [-0.4, -0.2) is 54.1 Å². The second kappa shape index (κ2) is 6.23. The molecule has 2 heterocycles. The summed E-state index contributed by atoms with van der Waals surface area (Å²) in [5, 5.41) is 12.4. The molecule has 2 amide bonds. The van der Waals surface area contributed by atoms with Crippen LogP contribution in [0.2, 0.25) is 0 Å². The van der Waals surface area contributed by atoms with E-state index < -0.39 is 0 Å². The van der Waals surface area contributed by atoms with Crippen LogP contribution in [0.3, 0.4) is 0 Å². The van der Waals surface area contributed by atoms with Gasteiger partial charge in [0.2, 0.25) is 0 Å². The zero-order valence-electron chi connectivity index (χ0n) is 12.9. The molecule has 0 aromatic carbocycles. The van der Waals surface area contributed by atoms with Crippen LogP contribution in [-0.2, 0) is 0 Å². The first kappa shape index (κ1) is 14.6. The highest BCUT2D eigenvalue weighted by molar-refractivity contribution is 5.77. The Hall–Kier alpha value is -1.28. The third-order valence-electron chi connectivity index (χ3n) is 5.52.